The number of ether oxygens (including phenoxy) is 2. The molecule has 10 heteroatoms. The molecule has 0 aromatic carbocycles. The van der Waals surface area contributed by atoms with Crippen LogP contribution >= 0.6 is 0 Å². The highest BCUT2D eigenvalue weighted by atomic mass is 16.7. The molecule has 1 aliphatic heterocycles. The van der Waals surface area contributed by atoms with Crippen LogP contribution in [0.4, 0.5) is 0 Å². The van der Waals surface area contributed by atoms with E-state index in [-0.39, 0.29) is 6.61 Å². The molecule has 0 saturated carbocycles. The molecule has 1 amide bonds. The van der Waals surface area contributed by atoms with Gasteiger partial charge in [0.25, 0.3) is 0 Å². The second-order valence-corrected chi connectivity index (χ2v) is 19.2. The van der Waals surface area contributed by atoms with E-state index in [1.165, 1.54) is 180 Å². The topological polar surface area (TPSA) is 169 Å². The Kier molecular flexibility index (Phi) is 42.4. The van der Waals surface area contributed by atoms with Gasteiger partial charge in [0.1, 0.15) is 30.5 Å². The molecule has 1 saturated heterocycles. The summed E-state index contributed by atoms with van der Waals surface area (Å²) in [4.78, 5) is 13.1. The third-order valence-corrected chi connectivity index (χ3v) is 13.0. The van der Waals surface area contributed by atoms with Crippen molar-refractivity contribution in [1.82, 2.24) is 5.32 Å². The van der Waals surface area contributed by atoms with E-state index in [1.54, 1.807) is 6.08 Å². The molecule has 0 spiro atoms. The van der Waals surface area contributed by atoms with Crippen molar-refractivity contribution < 1.29 is 44.9 Å². The first-order valence-corrected chi connectivity index (χ1v) is 27.3. The van der Waals surface area contributed by atoms with Gasteiger partial charge in [0.2, 0.25) is 5.91 Å². The molecule has 382 valence electrons. The van der Waals surface area contributed by atoms with E-state index in [0.717, 1.165) is 32.1 Å². The Morgan fingerprint density at radius 1 is 0.523 bits per heavy atom. The molecule has 1 rings (SSSR count). The van der Waals surface area contributed by atoms with Gasteiger partial charge < -0.3 is 45.4 Å². The average molecular weight is 922 g/mol. The lowest BCUT2D eigenvalue weighted by Gasteiger charge is -2.40. The molecule has 0 aliphatic carbocycles. The number of hydrogen-bond donors (Lipinski definition) is 7. The van der Waals surface area contributed by atoms with E-state index in [9.17, 15) is 35.4 Å². The summed E-state index contributed by atoms with van der Waals surface area (Å²) < 4.78 is 11.2. The van der Waals surface area contributed by atoms with Crippen molar-refractivity contribution in [3.05, 3.63) is 36.5 Å². The van der Waals surface area contributed by atoms with Crippen LogP contribution in [0, 0.1) is 0 Å². The average Bonchev–Trinajstić information content (AvgIpc) is 3.31. The fourth-order valence-corrected chi connectivity index (χ4v) is 8.59. The number of hydrogen-bond acceptors (Lipinski definition) is 9. The van der Waals surface area contributed by atoms with Crippen LogP contribution in [0.25, 0.3) is 0 Å². The SMILES string of the molecule is CCCCCCCCCCC/C=C/CC/C=C/C(O)C(COC1OC(CO)C(O)C(O)C1O)NC(=O)C(O)CCCCCCCCCCC/C=C\CCCCCCCCCCCCCC. The van der Waals surface area contributed by atoms with Crippen LogP contribution in [0.5, 0.6) is 0 Å². The number of rotatable bonds is 46. The number of unbranched alkanes of at least 4 members (excludes halogenated alkanes) is 31. The normalized spacial score (nSPS) is 20.6. The first-order chi connectivity index (χ1) is 31.8. The largest absolute Gasteiger partial charge is 0.394 e. The second-order valence-electron chi connectivity index (χ2n) is 19.2. The van der Waals surface area contributed by atoms with E-state index in [4.69, 9.17) is 9.47 Å². The number of amides is 1. The minimum absolute atomic E-state index is 0.302. The summed E-state index contributed by atoms with van der Waals surface area (Å²) in [6.45, 7) is 3.61. The van der Waals surface area contributed by atoms with E-state index < -0.39 is 61.5 Å². The molecule has 0 bridgehead atoms. The molecule has 1 heterocycles. The number of aliphatic hydroxyl groups excluding tert-OH is 6. The molecule has 0 aromatic heterocycles. The maximum Gasteiger partial charge on any atom is 0.249 e. The van der Waals surface area contributed by atoms with Crippen molar-refractivity contribution in [3.8, 4) is 0 Å². The number of carbonyl (C=O) groups excluding carboxylic acids is 1. The van der Waals surface area contributed by atoms with Crippen molar-refractivity contribution in [2.24, 2.45) is 0 Å². The third kappa shape index (κ3) is 34.3. The van der Waals surface area contributed by atoms with Crippen LogP contribution in [-0.4, -0.2) is 98.7 Å². The van der Waals surface area contributed by atoms with E-state index >= 15 is 0 Å². The molecule has 8 unspecified atom stereocenters. The first kappa shape index (κ1) is 61.4. The van der Waals surface area contributed by atoms with Gasteiger partial charge in [-0.3, -0.25) is 4.79 Å². The van der Waals surface area contributed by atoms with Gasteiger partial charge in [-0.05, 0) is 57.8 Å². The summed E-state index contributed by atoms with van der Waals surface area (Å²) in [7, 11) is 0. The third-order valence-electron chi connectivity index (χ3n) is 13.0. The molecule has 1 fully saturated rings. The van der Waals surface area contributed by atoms with Gasteiger partial charge in [-0.25, -0.2) is 0 Å². The quantitative estimate of drug-likeness (QED) is 0.0232. The number of allylic oxidation sites excluding steroid dienone is 5. The van der Waals surface area contributed by atoms with Crippen LogP contribution < -0.4 is 5.32 Å². The molecular formula is C55H103NO9. The minimum Gasteiger partial charge on any atom is -0.394 e. The van der Waals surface area contributed by atoms with Gasteiger partial charge in [-0.15, -0.1) is 0 Å². The molecule has 10 nitrogen and oxygen atoms in total. The van der Waals surface area contributed by atoms with Gasteiger partial charge >= 0.3 is 0 Å². The highest BCUT2D eigenvalue weighted by molar-refractivity contribution is 5.80. The molecule has 1 aliphatic rings. The van der Waals surface area contributed by atoms with Crippen LogP contribution in [0.15, 0.2) is 36.5 Å². The molecule has 65 heavy (non-hydrogen) atoms. The van der Waals surface area contributed by atoms with Crippen LogP contribution in [0.2, 0.25) is 0 Å². The van der Waals surface area contributed by atoms with Crippen LogP contribution in [0.3, 0.4) is 0 Å². The Labute approximate surface area is 398 Å². The Balaban J connectivity index is 2.29. The standard InChI is InChI=1S/C55H103NO9/c1-3-5-7-9-11-13-15-17-19-20-21-22-23-24-25-26-27-28-30-32-34-36-38-40-42-44-49(59)54(63)56-47(46-64-55-53(62)52(61)51(60)50(45-57)65-55)48(58)43-41-39-37-35-33-31-29-18-16-14-12-10-8-6-4-2/h24-25,33,35,41,43,47-53,55,57-62H,3-23,26-32,34,36-40,42,44-46H2,1-2H3,(H,56,63)/b25-24-,35-33+,43-41+. The van der Waals surface area contributed by atoms with E-state index in [0.29, 0.717) is 19.3 Å². The molecule has 7 N–H and O–H groups in total. The Morgan fingerprint density at radius 2 is 0.908 bits per heavy atom. The molecular weight excluding hydrogens is 819 g/mol. The van der Waals surface area contributed by atoms with Gasteiger partial charge in [0.05, 0.1) is 25.4 Å². The Bertz CT molecular complexity index is 1130. The summed E-state index contributed by atoms with van der Waals surface area (Å²) in [5.74, 6) is -0.626. The van der Waals surface area contributed by atoms with Gasteiger partial charge in [0.15, 0.2) is 6.29 Å². The summed E-state index contributed by atoms with van der Waals surface area (Å²) in [5, 5.41) is 64.9. The molecule has 8 atom stereocenters. The second kappa shape index (κ2) is 44.9. The predicted octanol–water partition coefficient (Wildman–Crippen LogP) is 11.8. The van der Waals surface area contributed by atoms with Gasteiger partial charge in [0, 0.05) is 0 Å². The zero-order valence-electron chi connectivity index (χ0n) is 41.9. The number of nitrogens with one attached hydrogen (secondary N) is 1. The van der Waals surface area contributed by atoms with Crippen LogP contribution in [-0.2, 0) is 14.3 Å². The first-order valence-electron chi connectivity index (χ1n) is 27.3. The van der Waals surface area contributed by atoms with Crippen molar-refractivity contribution >= 4 is 5.91 Å². The predicted molar refractivity (Wildman–Crippen MR) is 269 cm³/mol. The van der Waals surface area contributed by atoms with Crippen LogP contribution in [0.1, 0.15) is 245 Å². The lowest BCUT2D eigenvalue weighted by atomic mass is 9.99. The molecule has 0 aromatic rings. The lowest BCUT2D eigenvalue weighted by Crippen LogP contribution is -2.60. The van der Waals surface area contributed by atoms with Gasteiger partial charge in [-0.2, -0.15) is 0 Å². The monoisotopic (exact) mass is 922 g/mol. The fraction of sp³-hybridized carbons (Fsp3) is 0.873. The Morgan fingerprint density at radius 3 is 1.34 bits per heavy atom. The maximum absolute atomic E-state index is 13.1. The number of carbonyl (C=O) groups is 1. The zero-order chi connectivity index (χ0) is 47.4. The van der Waals surface area contributed by atoms with E-state index in [2.05, 4.69) is 43.5 Å². The van der Waals surface area contributed by atoms with Crippen molar-refractivity contribution in [2.45, 2.75) is 294 Å². The smallest absolute Gasteiger partial charge is 0.249 e. The maximum atomic E-state index is 13.1. The summed E-state index contributed by atoms with van der Waals surface area (Å²) >= 11 is 0. The fourth-order valence-electron chi connectivity index (χ4n) is 8.59. The van der Waals surface area contributed by atoms with Crippen molar-refractivity contribution in [2.75, 3.05) is 13.2 Å². The summed E-state index contributed by atoms with van der Waals surface area (Å²) in [6.07, 6.45) is 46.7. The Hall–Kier alpha value is -1.63. The zero-order valence-corrected chi connectivity index (χ0v) is 41.9. The highest BCUT2D eigenvalue weighted by Crippen LogP contribution is 2.23. The van der Waals surface area contributed by atoms with Gasteiger partial charge in [-0.1, -0.05) is 224 Å². The number of aliphatic hydroxyl groups is 6. The van der Waals surface area contributed by atoms with E-state index in [1.807, 2.05) is 6.08 Å². The molecule has 0 radical (unpaired) electrons. The summed E-state index contributed by atoms with van der Waals surface area (Å²) in [6, 6.07) is -0.997. The van der Waals surface area contributed by atoms with Crippen molar-refractivity contribution in [3.63, 3.8) is 0 Å². The minimum atomic E-state index is -1.62. The summed E-state index contributed by atoms with van der Waals surface area (Å²) in [5.41, 5.74) is 0. The van der Waals surface area contributed by atoms with Crippen molar-refractivity contribution in [1.29, 1.82) is 0 Å². The lowest BCUT2D eigenvalue weighted by molar-refractivity contribution is -0.302. The highest BCUT2D eigenvalue weighted by Gasteiger charge is 2.44.